The summed E-state index contributed by atoms with van der Waals surface area (Å²) in [6.45, 7) is 1.91. The Morgan fingerprint density at radius 3 is 2.45 bits per heavy atom. The van der Waals surface area contributed by atoms with Crippen LogP contribution in [-0.2, 0) is 0 Å². The minimum Gasteiger partial charge on any atom is -0.320 e. The summed E-state index contributed by atoms with van der Waals surface area (Å²) in [6.07, 6.45) is 0. The summed E-state index contributed by atoms with van der Waals surface area (Å²) in [4.78, 5) is 24.3. The van der Waals surface area contributed by atoms with E-state index in [2.05, 4.69) is 10.4 Å². The second-order valence-corrected chi connectivity index (χ2v) is 4.95. The first-order chi connectivity index (χ1) is 10.6. The highest BCUT2D eigenvalue weighted by atomic mass is 16.2. The molecule has 0 fully saturated rings. The van der Waals surface area contributed by atoms with Gasteiger partial charge in [0.15, 0.2) is 0 Å². The lowest BCUT2D eigenvalue weighted by atomic mass is 10.2. The molecule has 0 radical (unpaired) electrons. The van der Waals surface area contributed by atoms with Gasteiger partial charge in [0.1, 0.15) is 5.69 Å². The van der Waals surface area contributed by atoms with Gasteiger partial charge in [-0.2, -0.15) is 0 Å². The number of nitrogens with one attached hydrogen (secondary N) is 2. The van der Waals surface area contributed by atoms with Crippen molar-refractivity contribution in [1.29, 1.82) is 0 Å². The summed E-state index contributed by atoms with van der Waals surface area (Å²) in [5.74, 6) is -0.346. The molecule has 22 heavy (non-hydrogen) atoms. The number of benzene rings is 2. The number of carbonyl (C=O) groups excluding carboxylic acids is 1. The molecule has 1 heterocycles. The minimum absolute atomic E-state index is 0.220. The molecule has 5 nitrogen and oxygen atoms in total. The first-order valence-electron chi connectivity index (χ1n) is 6.89. The van der Waals surface area contributed by atoms with Gasteiger partial charge in [-0.05, 0) is 30.7 Å². The van der Waals surface area contributed by atoms with Gasteiger partial charge in [-0.15, -0.1) is 0 Å². The van der Waals surface area contributed by atoms with Crippen LogP contribution in [0.15, 0.2) is 65.5 Å². The fourth-order valence-corrected chi connectivity index (χ4v) is 2.18. The molecule has 110 valence electrons. The molecular weight excluding hydrogens is 278 g/mol. The van der Waals surface area contributed by atoms with Gasteiger partial charge >= 0.3 is 0 Å². The number of H-pyrrole nitrogens is 1. The van der Waals surface area contributed by atoms with Gasteiger partial charge < -0.3 is 5.32 Å². The number of para-hydroxylation sites is 2. The normalized spacial score (nSPS) is 10.4. The van der Waals surface area contributed by atoms with E-state index >= 15 is 0 Å². The largest absolute Gasteiger partial charge is 0.320 e. The van der Waals surface area contributed by atoms with Crippen molar-refractivity contribution in [3.8, 4) is 5.69 Å². The Hall–Kier alpha value is -3.08. The first-order valence-corrected chi connectivity index (χ1v) is 6.89. The Balaban J connectivity index is 1.89. The molecule has 0 bridgehead atoms. The van der Waals surface area contributed by atoms with E-state index in [0.717, 1.165) is 11.3 Å². The topological polar surface area (TPSA) is 66.9 Å². The Morgan fingerprint density at radius 2 is 1.73 bits per heavy atom. The van der Waals surface area contributed by atoms with Crippen molar-refractivity contribution < 1.29 is 4.79 Å². The van der Waals surface area contributed by atoms with Crippen LogP contribution in [-0.4, -0.2) is 15.7 Å². The molecule has 3 aromatic rings. The van der Waals surface area contributed by atoms with Gasteiger partial charge in [-0.25, -0.2) is 4.68 Å². The number of rotatable bonds is 3. The molecule has 0 unspecified atom stereocenters. The maximum Gasteiger partial charge on any atom is 0.273 e. The second-order valence-electron chi connectivity index (χ2n) is 4.95. The number of nitrogens with zero attached hydrogens (tertiary/aromatic N) is 1. The van der Waals surface area contributed by atoms with Crippen LogP contribution in [0.25, 0.3) is 5.69 Å². The Kier molecular flexibility index (Phi) is 3.62. The smallest absolute Gasteiger partial charge is 0.273 e. The molecule has 0 aliphatic heterocycles. The average molecular weight is 293 g/mol. The average Bonchev–Trinajstić information content (AvgIpc) is 2.92. The zero-order chi connectivity index (χ0) is 15.5. The lowest BCUT2D eigenvalue weighted by Crippen LogP contribution is -2.14. The van der Waals surface area contributed by atoms with Gasteiger partial charge in [0.2, 0.25) is 0 Å². The van der Waals surface area contributed by atoms with E-state index in [9.17, 15) is 9.59 Å². The van der Waals surface area contributed by atoms with Gasteiger partial charge in [0, 0.05) is 11.8 Å². The van der Waals surface area contributed by atoms with Gasteiger partial charge in [0.25, 0.3) is 11.5 Å². The SMILES string of the molecule is Cc1ccccc1NC(=O)c1cc(=O)n(-c2ccccc2)[nH]1. The van der Waals surface area contributed by atoms with Crippen LogP contribution in [0, 0.1) is 6.92 Å². The lowest BCUT2D eigenvalue weighted by molar-refractivity contribution is 0.102. The van der Waals surface area contributed by atoms with Crippen molar-refractivity contribution in [2.75, 3.05) is 5.32 Å². The summed E-state index contributed by atoms with van der Waals surface area (Å²) in [6, 6.07) is 17.9. The van der Waals surface area contributed by atoms with Crippen LogP contribution in [0.2, 0.25) is 0 Å². The van der Waals surface area contributed by atoms with E-state index in [1.165, 1.54) is 10.7 Å². The fraction of sp³-hybridized carbons (Fsp3) is 0.0588. The van der Waals surface area contributed by atoms with Crippen molar-refractivity contribution in [1.82, 2.24) is 9.78 Å². The van der Waals surface area contributed by atoms with E-state index in [1.54, 1.807) is 12.1 Å². The molecular formula is C17H15N3O2. The number of aromatic nitrogens is 2. The van der Waals surface area contributed by atoms with Crippen LogP contribution in [0.4, 0.5) is 5.69 Å². The molecule has 1 amide bonds. The summed E-state index contributed by atoms with van der Waals surface area (Å²) in [5, 5.41) is 5.63. The minimum atomic E-state index is -0.346. The Bertz CT molecular complexity index is 863. The van der Waals surface area contributed by atoms with Crippen molar-refractivity contribution in [2.24, 2.45) is 0 Å². The maximum atomic E-state index is 12.3. The van der Waals surface area contributed by atoms with Gasteiger partial charge in [-0.1, -0.05) is 36.4 Å². The second kappa shape index (κ2) is 5.73. The lowest BCUT2D eigenvalue weighted by Gasteiger charge is -2.06. The quantitative estimate of drug-likeness (QED) is 0.779. The van der Waals surface area contributed by atoms with E-state index < -0.39 is 0 Å². The summed E-state index contributed by atoms with van der Waals surface area (Å²) in [7, 11) is 0. The van der Waals surface area contributed by atoms with E-state index in [4.69, 9.17) is 0 Å². The van der Waals surface area contributed by atoms with Crippen molar-refractivity contribution in [3.63, 3.8) is 0 Å². The standard InChI is InChI=1S/C17H15N3O2/c1-12-7-5-6-10-14(12)18-17(22)15-11-16(21)20(19-15)13-8-3-2-4-9-13/h2-11,19H,1H3,(H,18,22). The number of hydrogen-bond donors (Lipinski definition) is 2. The Labute approximate surface area is 127 Å². The molecule has 0 atom stereocenters. The number of aromatic amines is 1. The number of anilines is 1. The molecule has 0 aliphatic rings. The molecule has 0 aliphatic carbocycles. The zero-order valence-corrected chi connectivity index (χ0v) is 12.0. The van der Waals surface area contributed by atoms with Crippen molar-refractivity contribution in [2.45, 2.75) is 6.92 Å². The van der Waals surface area contributed by atoms with Crippen LogP contribution < -0.4 is 10.9 Å². The molecule has 5 heteroatoms. The first kappa shape index (κ1) is 13.9. The van der Waals surface area contributed by atoms with Crippen molar-refractivity contribution in [3.05, 3.63) is 82.3 Å². The third-order valence-electron chi connectivity index (χ3n) is 3.37. The number of amides is 1. The van der Waals surface area contributed by atoms with Gasteiger partial charge in [0.05, 0.1) is 5.69 Å². The predicted molar refractivity (Wildman–Crippen MR) is 85.5 cm³/mol. The van der Waals surface area contributed by atoms with Crippen LogP contribution in [0.3, 0.4) is 0 Å². The van der Waals surface area contributed by atoms with E-state index in [-0.39, 0.29) is 17.2 Å². The molecule has 0 saturated heterocycles. The van der Waals surface area contributed by atoms with Crippen molar-refractivity contribution >= 4 is 11.6 Å². The highest BCUT2D eigenvalue weighted by Gasteiger charge is 2.12. The van der Waals surface area contributed by atoms with E-state index in [1.807, 2.05) is 49.4 Å². The zero-order valence-electron chi connectivity index (χ0n) is 12.0. The maximum absolute atomic E-state index is 12.3. The predicted octanol–water partition coefficient (Wildman–Crippen LogP) is 2.73. The third kappa shape index (κ3) is 2.69. The number of aryl methyl sites for hydroxylation is 1. The molecule has 3 rings (SSSR count). The molecule has 2 N–H and O–H groups in total. The summed E-state index contributed by atoms with van der Waals surface area (Å²) < 4.78 is 1.34. The molecule has 2 aromatic carbocycles. The third-order valence-corrected chi connectivity index (χ3v) is 3.37. The highest BCUT2D eigenvalue weighted by Crippen LogP contribution is 2.14. The van der Waals surface area contributed by atoms with E-state index in [0.29, 0.717) is 5.69 Å². The molecule has 0 saturated carbocycles. The van der Waals surface area contributed by atoms with Gasteiger partial charge in [-0.3, -0.25) is 14.7 Å². The number of carbonyl (C=O) groups is 1. The van der Waals surface area contributed by atoms with Crippen LogP contribution in [0.5, 0.6) is 0 Å². The summed E-state index contributed by atoms with van der Waals surface area (Å²) >= 11 is 0. The monoisotopic (exact) mass is 293 g/mol. The fourth-order valence-electron chi connectivity index (χ4n) is 2.18. The summed E-state index contributed by atoms with van der Waals surface area (Å²) in [5.41, 5.74) is 2.31. The molecule has 1 aromatic heterocycles. The van der Waals surface area contributed by atoms with Crippen LogP contribution >= 0.6 is 0 Å². The highest BCUT2D eigenvalue weighted by molar-refractivity contribution is 6.03. The van der Waals surface area contributed by atoms with Crippen LogP contribution in [0.1, 0.15) is 16.1 Å². The molecule has 0 spiro atoms. The Morgan fingerprint density at radius 1 is 1.05 bits per heavy atom. The number of hydrogen-bond acceptors (Lipinski definition) is 2.